The Morgan fingerprint density at radius 2 is 2.00 bits per heavy atom. The highest BCUT2D eigenvalue weighted by molar-refractivity contribution is 5.97. The van der Waals surface area contributed by atoms with E-state index in [1.165, 1.54) is 0 Å². The van der Waals surface area contributed by atoms with Crippen LogP contribution >= 0.6 is 0 Å². The fourth-order valence-electron chi connectivity index (χ4n) is 3.73. The largest absolute Gasteiger partial charge is 0.491 e. The van der Waals surface area contributed by atoms with E-state index in [1.54, 1.807) is 0 Å². The van der Waals surface area contributed by atoms with Gasteiger partial charge in [-0.1, -0.05) is 12.1 Å². The summed E-state index contributed by atoms with van der Waals surface area (Å²) in [7, 11) is 0. The van der Waals surface area contributed by atoms with Crippen molar-refractivity contribution in [3.63, 3.8) is 0 Å². The van der Waals surface area contributed by atoms with Gasteiger partial charge in [-0.05, 0) is 29.3 Å². The molecule has 7 heteroatoms. The number of esters is 1. The maximum absolute atomic E-state index is 12.5. The lowest BCUT2D eigenvalue weighted by molar-refractivity contribution is -0.136. The zero-order valence-electron chi connectivity index (χ0n) is 14.4. The van der Waals surface area contributed by atoms with E-state index in [1.807, 2.05) is 36.4 Å². The lowest BCUT2D eigenvalue weighted by Gasteiger charge is -2.27. The van der Waals surface area contributed by atoms with Gasteiger partial charge < -0.3 is 29.4 Å². The number of carbonyl (C=O) groups excluding carboxylic acids is 1. The Bertz CT molecular complexity index is 967. The minimum absolute atomic E-state index is 0.0640. The molecule has 2 aromatic carbocycles. The zero-order chi connectivity index (χ0) is 18.4. The van der Waals surface area contributed by atoms with E-state index in [0.717, 1.165) is 22.5 Å². The molecule has 0 fully saturated rings. The van der Waals surface area contributed by atoms with E-state index in [4.69, 9.17) is 24.1 Å². The maximum Gasteiger partial charge on any atom is 0.337 e. The zero-order valence-corrected chi connectivity index (χ0v) is 14.4. The third-order valence-corrected chi connectivity index (χ3v) is 4.87. The van der Waals surface area contributed by atoms with E-state index >= 15 is 0 Å². The van der Waals surface area contributed by atoms with Gasteiger partial charge in [-0.15, -0.1) is 0 Å². The Morgan fingerprint density at radius 1 is 1.15 bits per heavy atom. The standard InChI is InChI=1S/C20H17NO6/c22-4-5-24-12-3-1-2-11(6-12)18-13-7-16-17(27-10-26-16)8-14(13)21-15-9-25-20(23)19(15)18/h1-3,6-8,18,21-22H,4-5,9-10H2. The average Bonchev–Trinajstić information content (AvgIpc) is 3.29. The number of hydrogen-bond acceptors (Lipinski definition) is 7. The second-order valence-corrected chi connectivity index (χ2v) is 6.46. The van der Waals surface area contributed by atoms with Crippen molar-refractivity contribution in [2.75, 3.05) is 31.9 Å². The van der Waals surface area contributed by atoms with Gasteiger partial charge in [-0.3, -0.25) is 0 Å². The molecule has 0 spiro atoms. The van der Waals surface area contributed by atoms with Crippen molar-refractivity contribution in [3.05, 3.63) is 58.8 Å². The molecule has 1 unspecified atom stereocenters. The number of nitrogens with one attached hydrogen (secondary N) is 1. The van der Waals surface area contributed by atoms with Crippen LogP contribution in [0.2, 0.25) is 0 Å². The van der Waals surface area contributed by atoms with Crippen molar-refractivity contribution in [1.29, 1.82) is 0 Å². The first-order valence-electron chi connectivity index (χ1n) is 8.69. The molecule has 138 valence electrons. The van der Waals surface area contributed by atoms with Gasteiger partial charge in [0, 0.05) is 17.7 Å². The summed E-state index contributed by atoms with van der Waals surface area (Å²) in [4.78, 5) is 12.5. The Morgan fingerprint density at radius 3 is 2.85 bits per heavy atom. The van der Waals surface area contributed by atoms with Gasteiger partial charge in [-0.25, -0.2) is 4.79 Å². The monoisotopic (exact) mass is 367 g/mol. The summed E-state index contributed by atoms with van der Waals surface area (Å²) in [6, 6.07) is 11.3. The average molecular weight is 367 g/mol. The van der Waals surface area contributed by atoms with Crippen molar-refractivity contribution < 1.29 is 28.8 Å². The van der Waals surface area contributed by atoms with Crippen molar-refractivity contribution in [3.8, 4) is 17.2 Å². The van der Waals surface area contributed by atoms with Gasteiger partial charge in [0.25, 0.3) is 0 Å². The van der Waals surface area contributed by atoms with E-state index < -0.39 is 0 Å². The van der Waals surface area contributed by atoms with Gasteiger partial charge in [0.2, 0.25) is 6.79 Å². The third kappa shape index (κ3) is 2.59. The molecule has 2 N–H and O–H groups in total. The van der Waals surface area contributed by atoms with Crippen molar-refractivity contribution >= 4 is 11.7 Å². The fraction of sp³-hybridized carbons (Fsp3) is 0.250. The number of aliphatic hydroxyl groups is 1. The van der Waals surface area contributed by atoms with Gasteiger partial charge in [-0.2, -0.15) is 0 Å². The van der Waals surface area contributed by atoms with Crippen LogP contribution in [0.5, 0.6) is 17.2 Å². The van der Waals surface area contributed by atoms with Crippen LogP contribution in [0.4, 0.5) is 5.69 Å². The van der Waals surface area contributed by atoms with Crippen LogP contribution in [0, 0.1) is 0 Å². The lowest BCUT2D eigenvalue weighted by Crippen LogP contribution is -2.20. The molecule has 0 radical (unpaired) electrons. The van der Waals surface area contributed by atoms with E-state index in [9.17, 15) is 4.79 Å². The number of aliphatic hydroxyl groups excluding tert-OH is 1. The van der Waals surface area contributed by atoms with Gasteiger partial charge in [0.1, 0.15) is 19.0 Å². The van der Waals surface area contributed by atoms with E-state index in [-0.39, 0.29) is 38.5 Å². The smallest absolute Gasteiger partial charge is 0.337 e. The Hall–Kier alpha value is -3.19. The number of cyclic esters (lactones) is 1. The predicted molar refractivity (Wildman–Crippen MR) is 95.0 cm³/mol. The normalized spacial score (nSPS) is 19.3. The second-order valence-electron chi connectivity index (χ2n) is 6.46. The van der Waals surface area contributed by atoms with Crippen molar-refractivity contribution in [2.45, 2.75) is 5.92 Å². The minimum Gasteiger partial charge on any atom is -0.491 e. The summed E-state index contributed by atoms with van der Waals surface area (Å²) in [6.45, 7) is 0.550. The van der Waals surface area contributed by atoms with Crippen molar-refractivity contribution in [2.24, 2.45) is 0 Å². The Balaban J connectivity index is 1.64. The van der Waals surface area contributed by atoms with E-state index in [2.05, 4.69) is 5.32 Å². The Kier molecular flexibility index (Phi) is 3.68. The third-order valence-electron chi connectivity index (χ3n) is 4.87. The van der Waals surface area contributed by atoms with Crippen LogP contribution in [0.3, 0.4) is 0 Å². The first-order chi connectivity index (χ1) is 13.2. The van der Waals surface area contributed by atoms with Crippen LogP contribution < -0.4 is 19.5 Å². The molecule has 0 bridgehead atoms. The van der Waals surface area contributed by atoms with Crippen LogP contribution in [0.1, 0.15) is 17.0 Å². The topological polar surface area (TPSA) is 86.3 Å². The molecule has 3 aliphatic heterocycles. The molecule has 0 aliphatic carbocycles. The quantitative estimate of drug-likeness (QED) is 0.801. The van der Waals surface area contributed by atoms with Crippen LogP contribution in [0.15, 0.2) is 47.7 Å². The molecule has 0 aromatic heterocycles. The number of rotatable bonds is 4. The van der Waals surface area contributed by atoms with Crippen LogP contribution in [-0.4, -0.2) is 37.7 Å². The number of fused-ring (bicyclic) bond motifs is 2. The number of hydrogen-bond donors (Lipinski definition) is 2. The highest BCUT2D eigenvalue weighted by Gasteiger charge is 2.39. The number of ether oxygens (including phenoxy) is 4. The fourth-order valence-corrected chi connectivity index (χ4v) is 3.73. The molecule has 0 saturated heterocycles. The van der Waals surface area contributed by atoms with Gasteiger partial charge in [0.15, 0.2) is 11.5 Å². The lowest BCUT2D eigenvalue weighted by atomic mass is 9.81. The summed E-state index contributed by atoms with van der Waals surface area (Å²) in [6.07, 6.45) is 0. The molecule has 3 aliphatic rings. The highest BCUT2D eigenvalue weighted by Crippen LogP contribution is 2.49. The van der Waals surface area contributed by atoms with E-state index in [0.29, 0.717) is 22.8 Å². The predicted octanol–water partition coefficient (Wildman–Crippen LogP) is 2.15. The number of benzene rings is 2. The molecule has 2 aromatic rings. The maximum atomic E-state index is 12.5. The molecule has 7 nitrogen and oxygen atoms in total. The number of carbonyl (C=O) groups is 1. The molecule has 0 amide bonds. The summed E-state index contributed by atoms with van der Waals surface area (Å²) in [5, 5.41) is 12.3. The molecular formula is C20H17NO6. The molecule has 27 heavy (non-hydrogen) atoms. The summed E-state index contributed by atoms with van der Waals surface area (Å²) in [5.74, 6) is 1.33. The summed E-state index contributed by atoms with van der Waals surface area (Å²) >= 11 is 0. The summed E-state index contributed by atoms with van der Waals surface area (Å²) in [5.41, 5.74) is 4.04. The molecule has 3 heterocycles. The first kappa shape index (κ1) is 16.0. The first-order valence-corrected chi connectivity index (χ1v) is 8.69. The van der Waals surface area contributed by atoms with Gasteiger partial charge in [0.05, 0.1) is 17.9 Å². The minimum atomic E-state index is -0.326. The van der Waals surface area contributed by atoms with Crippen LogP contribution in [-0.2, 0) is 9.53 Å². The number of anilines is 1. The Labute approximate surface area is 155 Å². The highest BCUT2D eigenvalue weighted by atomic mass is 16.7. The molecule has 1 atom stereocenters. The SMILES string of the molecule is O=C1OCC2=C1C(c1cccc(OCCO)c1)c1cc3c(cc1N2)OCO3. The molecular weight excluding hydrogens is 350 g/mol. The second kappa shape index (κ2) is 6.21. The summed E-state index contributed by atoms with van der Waals surface area (Å²) < 4.78 is 21.8. The van der Waals surface area contributed by atoms with Crippen molar-refractivity contribution in [1.82, 2.24) is 0 Å². The van der Waals surface area contributed by atoms with Crippen LogP contribution in [0.25, 0.3) is 0 Å². The van der Waals surface area contributed by atoms with Gasteiger partial charge >= 0.3 is 5.97 Å². The molecule has 5 rings (SSSR count). The molecule has 0 saturated carbocycles.